The summed E-state index contributed by atoms with van der Waals surface area (Å²) in [5.74, 6) is -0.555. The van der Waals surface area contributed by atoms with Gasteiger partial charge in [-0.3, -0.25) is 4.79 Å². The van der Waals surface area contributed by atoms with Gasteiger partial charge in [-0.2, -0.15) is 0 Å². The minimum Gasteiger partial charge on any atom is -0.393 e. The molecule has 2 aliphatic rings. The fourth-order valence-electron chi connectivity index (χ4n) is 3.29. The first-order valence-electron chi connectivity index (χ1n) is 6.52. The predicted molar refractivity (Wildman–Crippen MR) is 72.3 cm³/mol. The van der Waals surface area contributed by atoms with Gasteiger partial charge in [0, 0.05) is 12.1 Å². The molecule has 2 fully saturated rings. The van der Waals surface area contributed by atoms with Crippen molar-refractivity contribution in [3.63, 3.8) is 0 Å². The monoisotopic (exact) mass is 327 g/mol. The Balaban J connectivity index is 1.91. The van der Waals surface area contributed by atoms with Gasteiger partial charge in [0.25, 0.3) is 5.91 Å². The molecule has 0 radical (unpaired) electrons. The molecule has 2 aliphatic heterocycles. The van der Waals surface area contributed by atoms with Crippen molar-refractivity contribution in [2.75, 3.05) is 0 Å². The number of nitrogens with zero attached hydrogens (tertiary/aromatic N) is 1. The van der Waals surface area contributed by atoms with Gasteiger partial charge in [-0.15, -0.1) is 0 Å². The molecule has 0 aromatic heterocycles. The van der Waals surface area contributed by atoms with Crippen molar-refractivity contribution < 1.29 is 14.3 Å². The minimum absolute atomic E-state index is 0.0939. The van der Waals surface area contributed by atoms with Gasteiger partial charge in [0.1, 0.15) is 5.82 Å². The third-order valence-electron chi connectivity index (χ3n) is 4.12. The molecular formula is C14H15BrFNO2. The van der Waals surface area contributed by atoms with Crippen LogP contribution in [0.4, 0.5) is 4.39 Å². The number of halogens is 2. The van der Waals surface area contributed by atoms with E-state index in [0.29, 0.717) is 18.4 Å². The first-order valence-corrected chi connectivity index (χ1v) is 7.32. The first kappa shape index (κ1) is 13.1. The summed E-state index contributed by atoms with van der Waals surface area (Å²) in [7, 11) is 0. The molecule has 102 valence electrons. The lowest BCUT2D eigenvalue weighted by Crippen LogP contribution is -2.48. The van der Waals surface area contributed by atoms with Gasteiger partial charge in [-0.05, 0) is 53.7 Å². The van der Waals surface area contributed by atoms with Gasteiger partial charge >= 0.3 is 0 Å². The Morgan fingerprint density at radius 2 is 1.95 bits per heavy atom. The summed E-state index contributed by atoms with van der Waals surface area (Å²) in [5.41, 5.74) is 0.369. The second-order valence-electron chi connectivity index (χ2n) is 5.32. The predicted octanol–water partition coefficient (Wildman–Crippen LogP) is 2.72. The van der Waals surface area contributed by atoms with Crippen molar-refractivity contribution in [1.29, 1.82) is 0 Å². The number of amides is 1. The van der Waals surface area contributed by atoms with Gasteiger partial charge in [-0.25, -0.2) is 4.39 Å². The van der Waals surface area contributed by atoms with E-state index >= 15 is 0 Å². The Hall–Kier alpha value is -0.940. The Labute approximate surface area is 119 Å². The molecule has 1 aromatic carbocycles. The summed E-state index contributed by atoms with van der Waals surface area (Å²) >= 11 is 3.15. The fraction of sp³-hybridized carbons (Fsp3) is 0.500. The molecule has 0 spiro atoms. The van der Waals surface area contributed by atoms with Crippen molar-refractivity contribution >= 4 is 21.8 Å². The van der Waals surface area contributed by atoms with Crippen LogP contribution >= 0.6 is 15.9 Å². The van der Waals surface area contributed by atoms with Crippen LogP contribution < -0.4 is 0 Å². The highest BCUT2D eigenvalue weighted by molar-refractivity contribution is 9.10. The third-order valence-corrected chi connectivity index (χ3v) is 4.93. The zero-order chi connectivity index (χ0) is 13.6. The van der Waals surface area contributed by atoms with E-state index in [9.17, 15) is 14.3 Å². The zero-order valence-corrected chi connectivity index (χ0v) is 11.9. The minimum atomic E-state index is -0.421. The summed E-state index contributed by atoms with van der Waals surface area (Å²) in [6.45, 7) is 0. The highest BCUT2D eigenvalue weighted by Crippen LogP contribution is 2.37. The van der Waals surface area contributed by atoms with Crippen molar-refractivity contribution in [1.82, 2.24) is 4.90 Å². The quantitative estimate of drug-likeness (QED) is 0.861. The topological polar surface area (TPSA) is 40.5 Å². The number of hydrogen-bond donors (Lipinski definition) is 1. The second kappa shape index (κ2) is 4.87. The van der Waals surface area contributed by atoms with Gasteiger partial charge in [0.2, 0.25) is 0 Å². The summed E-state index contributed by atoms with van der Waals surface area (Å²) < 4.78 is 13.7. The Kier molecular flexibility index (Phi) is 3.35. The van der Waals surface area contributed by atoms with Gasteiger partial charge in [0.05, 0.1) is 16.1 Å². The Morgan fingerprint density at radius 3 is 2.58 bits per heavy atom. The lowest BCUT2D eigenvalue weighted by atomic mass is 9.98. The maximum Gasteiger partial charge on any atom is 0.255 e. The SMILES string of the molecule is O=C(c1cccc(F)c1Br)N1C2CCC1CC(O)C2. The Bertz CT molecular complexity index is 508. The third kappa shape index (κ3) is 2.19. The molecule has 3 rings (SSSR count). The van der Waals surface area contributed by atoms with Crippen LogP contribution in [0, 0.1) is 5.82 Å². The first-order chi connectivity index (χ1) is 9.08. The molecule has 19 heavy (non-hydrogen) atoms. The molecule has 0 aliphatic carbocycles. The second-order valence-corrected chi connectivity index (χ2v) is 6.12. The van der Waals surface area contributed by atoms with Gasteiger partial charge in [0.15, 0.2) is 0 Å². The largest absolute Gasteiger partial charge is 0.393 e. The number of piperidine rings is 1. The van der Waals surface area contributed by atoms with Crippen LogP contribution in [-0.4, -0.2) is 34.1 Å². The Morgan fingerprint density at radius 1 is 1.32 bits per heavy atom. The van der Waals surface area contributed by atoms with Gasteiger partial charge in [-0.1, -0.05) is 6.07 Å². The molecule has 1 N–H and O–H groups in total. The van der Waals surface area contributed by atoms with E-state index in [1.54, 1.807) is 12.1 Å². The van der Waals surface area contributed by atoms with E-state index in [4.69, 9.17) is 0 Å². The molecule has 2 heterocycles. The molecule has 2 saturated heterocycles. The number of aliphatic hydroxyl groups excluding tert-OH is 1. The maximum absolute atomic E-state index is 13.5. The molecule has 2 unspecified atom stereocenters. The summed E-state index contributed by atoms with van der Waals surface area (Å²) in [6, 6.07) is 4.71. The van der Waals surface area contributed by atoms with Crippen LogP contribution in [0.15, 0.2) is 22.7 Å². The number of rotatable bonds is 1. The fourth-order valence-corrected chi connectivity index (χ4v) is 3.72. The normalized spacial score (nSPS) is 29.6. The number of hydrogen-bond acceptors (Lipinski definition) is 2. The number of aliphatic hydroxyl groups is 1. The van der Waals surface area contributed by atoms with E-state index in [1.165, 1.54) is 6.07 Å². The average Bonchev–Trinajstić information content (AvgIpc) is 2.64. The van der Waals surface area contributed by atoms with Crippen molar-refractivity contribution in [2.24, 2.45) is 0 Å². The molecule has 0 saturated carbocycles. The van der Waals surface area contributed by atoms with Crippen molar-refractivity contribution in [3.8, 4) is 0 Å². The van der Waals surface area contributed by atoms with E-state index in [2.05, 4.69) is 15.9 Å². The summed E-state index contributed by atoms with van der Waals surface area (Å²) in [4.78, 5) is 14.4. The van der Waals surface area contributed by atoms with Crippen molar-refractivity contribution in [2.45, 2.75) is 43.9 Å². The van der Waals surface area contributed by atoms with Gasteiger partial charge < -0.3 is 10.0 Å². The summed E-state index contributed by atoms with van der Waals surface area (Å²) in [5, 5.41) is 9.75. The molecular weight excluding hydrogens is 313 g/mol. The maximum atomic E-state index is 13.5. The number of benzene rings is 1. The zero-order valence-electron chi connectivity index (χ0n) is 10.4. The molecule has 5 heteroatoms. The van der Waals surface area contributed by atoms with E-state index < -0.39 is 5.82 Å². The van der Waals surface area contributed by atoms with E-state index in [1.807, 2.05) is 4.90 Å². The van der Waals surface area contributed by atoms with Crippen LogP contribution in [0.25, 0.3) is 0 Å². The van der Waals surface area contributed by atoms with E-state index in [-0.39, 0.29) is 28.6 Å². The highest BCUT2D eigenvalue weighted by atomic mass is 79.9. The van der Waals surface area contributed by atoms with E-state index in [0.717, 1.165) is 12.8 Å². The number of fused-ring (bicyclic) bond motifs is 2. The van der Waals surface area contributed by atoms with Crippen LogP contribution in [-0.2, 0) is 0 Å². The average molecular weight is 328 g/mol. The standard InChI is InChI=1S/C14H15BrFNO2/c15-13-11(2-1-3-12(13)16)14(19)17-8-4-5-9(17)7-10(18)6-8/h1-3,8-10,18H,4-7H2. The molecule has 2 bridgehead atoms. The molecule has 1 amide bonds. The lowest BCUT2D eigenvalue weighted by Gasteiger charge is -2.37. The highest BCUT2D eigenvalue weighted by Gasteiger charge is 2.43. The molecule has 1 aromatic rings. The summed E-state index contributed by atoms with van der Waals surface area (Å²) in [6.07, 6.45) is 2.82. The lowest BCUT2D eigenvalue weighted by molar-refractivity contribution is 0.0286. The molecule has 3 nitrogen and oxygen atoms in total. The van der Waals surface area contributed by atoms with Crippen LogP contribution in [0.2, 0.25) is 0 Å². The van der Waals surface area contributed by atoms with Crippen LogP contribution in [0.1, 0.15) is 36.0 Å². The molecule has 2 atom stereocenters. The van der Waals surface area contributed by atoms with Crippen molar-refractivity contribution in [3.05, 3.63) is 34.1 Å². The number of carbonyl (C=O) groups is 1. The number of carbonyl (C=O) groups excluding carboxylic acids is 1. The van der Waals surface area contributed by atoms with Crippen LogP contribution in [0.3, 0.4) is 0 Å². The smallest absolute Gasteiger partial charge is 0.255 e. The van der Waals surface area contributed by atoms with Crippen LogP contribution in [0.5, 0.6) is 0 Å².